The molecule has 0 aliphatic carbocycles. The van der Waals surface area contributed by atoms with Crippen LogP contribution in [0.1, 0.15) is 26.7 Å². The van der Waals surface area contributed by atoms with Crippen LogP contribution in [0, 0.1) is 0 Å². The summed E-state index contributed by atoms with van der Waals surface area (Å²) in [7, 11) is 0. The van der Waals surface area contributed by atoms with Gasteiger partial charge in [0.15, 0.2) is 5.78 Å². The zero-order valence-electron chi connectivity index (χ0n) is 7.96. The van der Waals surface area contributed by atoms with Crippen molar-refractivity contribution in [3.63, 3.8) is 0 Å². The van der Waals surface area contributed by atoms with Gasteiger partial charge in [-0.2, -0.15) is 0 Å². The Balaban J connectivity index is 3.62. The highest BCUT2D eigenvalue weighted by molar-refractivity contribution is 6.39. The number of carbonyl (C=O) groups excluding carboxylic acids is 3. The van der Waals surface area contributed by atoms with Crippen LogP contribution in [0.5, 0.6) is 0 Å². The highest BCUT2D eigenvalue weighted by Crippen LogP contribution is 1.93. The van der Waals surface area contributed by atoms with E-state index in [0.29, 0.717) is 13.2 Å². The lowest BCUT2D eigenvalue weighted by Crippen LogP contribution is -2.16. The largest absolute Gasteiger partial charge is 0.381 e. The molecule has 0 amide bonds. The van der Waals surface area contributed by atoms with Crippen LogP contribution in [0.2, 0.25) is 0 Å². The van der Waals surface area contributed by atoms with Gasteiger partial charge >= 0.3 is 0 Å². The lowest BCUT2D eigenvalue weighted by molar-refractivity contribution is -0.138. The van der Waals surface area contributed by atoms with E-state index in [1.54, 1.807) is 0 Å². The monoisotopic (exact) mass is 186 g/mol. The average molecular weight is 186 g/mol. The van der Waals surface area contributed by atoms with Gasteiger partial charge in [0.2, 0.25) is 5.78 Å². The molecule has 4 heteroatoms. The van der Waals surface area contributed by atoms with Crippen LogP contribution in [0.3, 0.4) is 0 Å². The maximum Gasteiger partial charge on any atom is 0.205 e. The third-order valence-electron chi connectivity index (χ3n) is 1.48. The van der Waals surface area contributed by atoms with Gasteiger partial charge < -0.3 is 4.74 Å². The van der Waals surface area contributed by atoms with E-state index in [0.717, 1.165) is 6.92 Å². The topological polar surface area (TPSA) is 60.4 Å². The smallest absolute Gasteiger partial charge is 0.205 e. The molecule has 13 heavy (non-hydrogen) atoms. The second-order valence-corrected chi connectivity index (χ2v) is 2.64. The third-order valence-corrected chi connectivity index (χ3v) is 1.48. The van der Waals surface area contributed by atoms with E-state index in [2.05, 4.69) is 0 Å². The summed E-state index contributed by atoms with van der Waals surface area (Å²) < 4.78 is 4.93. The molecule has 0 spiro atoms. The minimum absolute atomic E-state index is 0.201. The van der Waals surface area contributed by atoms with Crippen LogP contribution >= 0.6 is 0 Å². The predicted molar refractivity (Wildman–Crippen MR) is 46.4 cm³/mol. The zero-order chi connectivity index (χ0) is 10.3. The summed E-state index contributed by atoms with van der Waals surface area (Å²) in [5, 5.41) is 0. The van der Waals surface area contributed by atoms with E-state index in [-0.39, 0.29) is 18.6 Å². The first-order valence-electron chi connectivity index (χ1n) is 4.21. The second kappa shape index (κ2) is 6.48. The van der Waals surface area contributed by atoms with E-state index >= 15 is 0 Å². The van der Waals surface area contributed by atoms with Crippen LogP contribution in [0.15, 0.2) is 0 Å². The van der Waals surface area contributed by atoms with Gasteiger partial charge in [-0.25, -0.2) is 0 Å². The van der Waals surface area contributed by atoms with Crippen molar-refractivity contribution in [3.8, 4) is 0 Å². The van der Waals surface area contributed by atoms with Gasteiger partial charge in [-0.1, -0.05) is 0 Å². The van der Waals surface area contributed by atoms with Crippen molar-refractivity contribution < 1.29 is 19.1 Å². The van der Waals surface area contributed by atoms with E-state index in [9.17, 15) is 14.4 Å². The number of hydrogen-bond acceptors (Lipinski definition) is 4. The van der Waals surface area contributed by atoms with Gasteiger partial charge in [0.25, 0.3) is 0 Å². The number of ketones is 3. The van der Waals surface area contributed by atoms with Gasteiger partial charge in [-0.05, 0) is 6.92 Å². The van der Waals surface area contributed by atoms with Gasteiger partial charge in [-0.3, -0.25) is 14.4 Å². The molecule has 0 fully saturated rings. The van der Waals surface area contributed by atoms with Gasteiger partial charge in [-0.15, -0.1) is 0 Å². The predicted octanol–water partition coefficient (Wildman–Crippen LogP) is 0.530. The molecule has 0 radical (unpaired) electrons. The summed E-state index contributed by atoms with van der Waals surface area (Å²) in [6, 6.07) is 0. The van der Waals surface area contributed by atoms with E-state index < -0.39 is 11.6 Å². The summed E-state index contributed by atoms with van der Waals surface area (Å²) in [6.45, 7) is 3.86. The Morgan fingerprint density at radius 2 is 1.85 bits per heavy atom. The fraction of sp³-hybridized carbons (Fsp3) is 0.667. The van der Waals surface area contributed by atoms with Crippen molar-refractivity contribution in [2.24, 2.45) is 0 Å². The summed E-state index contributed by atoms with van der Waals surface area (Å²) >= 11 is 0. The van der Waals surface area contributed by atoms with Gasteiger partial charge in [0.05, 0.1) is 13.0 Å². The molecule has 0 saturated heterocycles. The molecule has 0 N–H and O–H groups in total. The van der Waals surface area contributed by atoms with Crippen molar-refractivity contribution in [2.75, 3.05) is 13.2 Å². The Labute approximate surface area is 77.3 Å². The molecule has 0 aromatic heterocycles. The number of hydrogen-bond donors (Lipinski definition) is 0. The first-order chi connectivity index (χ1) is 6.07. The minimum atomic E-state index is -0.624. The van der Waals surface area contributed by atoms with Crippen molar-refractivity contribution in [1.29, 1.82) is 0 Å². The van der Waals surface area contributed by atoms with E-state index in [1.807, 2.05) is 6.92 Å². The zero-order valence-corrected chi connectivity index (χ0v) is 7.96. The van der Waals surface area contributed by atoms with E-state index in [4.69, 9.17) is 4.74 Å². The lowest BCUT2D eigenvalue weighted by Gasteiger charge is -1.98. The van der Waals surface area contributed by atoms with Crippen molar-refractivity contribution in [1.82, 2.24) is 0 Å². The van der Waals surface area contributed by atoms with E-state index in [1.165, 1.54) is 0 Å². The number of Topliss-reactive ketones (excluding diaryl/α,β-unsaturated/α-hetero) is 3. The quantitative estimate of drug-likeness (QED) is 0.330. The molecular formula is C9H14O4. The average Bonchev–Trinajstić information content (AvgIpc) is 2.04. The molecule has 0 heterocycles. The van der Waals surface area contributed by atoms with Crippen LogP contribution in [-0.2, 0) is 19.1 Å². The maximum atomic E-state index is 11.0. The van der Waals surface area contributed by atoms with Crippen molar-refractivity contribution in [3.05, 3.63) is 0 Å². The normalized spacial score (nSPS) is 9.69. The summed E-state index contributed by atoms with van der Waals surface area (Å²) in [5.74, 6) is -1.43. The molecule has 0 rings (SSSR count). The second-order valence-electron chi connectivity index (χ2n) is 2.64. The molecular weight excluding hydrogens is 172 g/mol. The number of ether oxygens (including phenoxy) is 1. The third kappa shape index (κ3) is 6.16. The molecule has 0 aromatic rings. The number of rotatable bonds is 7. The molecule has 0 atom stereocenters. The number of carbonyl (C=O) groups is 3. The summed E-state index contributed by atoms with van der Waals surface area (Å²) in [4.78, 5) is 32.2. The lowest BCUT2D eigenvalue weighted by atomic mass is 10.1. The minimum Gasteiger partial charge on any atom is -0.381 e. The molecule has 4 nitrogen and oxygen atoms in total. The molecule has 0 bridgehead atoms. The van der Waals surface area contributed by atoms with Crippen LogP contribution in [0.4, 0.5) is 0 Å². The first-order valence-corrected chi connectivity index (χ1v) is 4.21. The molecule has 0 unspecified atom stereocenters. The SMILES string of the molecule is CCOCCC(=O)CC(=O)C(C)=O. The molecule has 0 aliphatic rings. The first kappa shape index (κ1) is 12.0. The van der Waals surface area contributed by atoms with Gasteiger partial charge in [0, 0.05) is 20.0 Å². The van der Waals surface area contributed by atoms with Crippen LogP contribution in [-0.4, -0.2) is 30.6 Å². The van der Waals surface area contributed by atoms with Crippen molar-refractivity contribution in [2.45, 2.75) is 26.7 Å². The Morgan fingerprint density at radius 1 is 1.23 bits per heavy atom. The fourth-order valence-electron chi connectivity index (χ4n) is 0.722. The standard InChI is InChI=1S/C9H14O4/c1-3-13-5-4-8(11)6-9(12)7(2)10/h3-6H2,1-2H3. The maximum absolute atomic E-state index is 11.0. The Bertz CT molecular complexity index is 208. The van der Waals surface area contributed by atoms with Crippen LogP contribution in [0.25, 0.3) is 0 Å². The molecule has 74 valence electrons. The molecule has 0 saturated carbocycles. The summed E-state index contributed by atoms with van der Waals surface area (Å²) in [6.07, 6.45) is -0.0880. The van der Waals surface area contributed by atoms with Crippen molar-refractivity contribution >= 4 is 17.3 Å². The highest BCUT2D eigenvalue weighted by atomic mass is 16.5. The Hall–Kier alpha value is -1.03. The Kier molecular flexibility index (Phi) is 5.97. The molecule has 0 aromatic carbocycles. The Morgan fingerprint density at radius 3 is 2.31 bits per heavy atom. The van der Waals surface area contributed by atoms with Crippen LogP contribution < -0.4 is 0 Å². The molecule has 0 aliphatic heterocycles. The highest BCUT2D eigenvalue weighted by Gasteiger charge is 2.12. The summed E-state index contributed by atoms with van der Waals surface area (Å²) in [5.41, 5.74) is 0. The fourth-order valence-corrected chi connectivity index (χ4v) is 0.722. The van der Waals surface area contributed by atoms with Gasteiger partial charge in [0.1, 0.15) is 5.78 Å².